The zero-order valence-electron chi connectivity index (χ0n) is 21.0. The lowest BCUT2D eigenvalue weighted by atomic mass is 9.88. The largest absolute Gasteiger partial charge is 0.492 e. The molecule has 4 nitrogen and oxygen atoms in total. The van der Waals surface area contributed by atoms with Gasteiger partial charge in [0.25, 0.3) is 0 Å². The maximum absolute atomic E-state index is 6.20. The fourth-order valence-electron chi connectivity index (χ4n) is 5.19. The summed E-state index contributed by atoms with van der Waals surface area (Å²) in [5.74, 6) is 1.72. The maximum Gasteiger partial charge on any atom is 0.119 e. The Kier molecular flexibility index (Phi) is 7.01. The Labute approximate surface area is 208 Å². The summed E-state index contributed by atoms with van der Waals surface area (Å²) in [7, 11) is 0. The molecule has 2 heterocycles. The lowest BCUT2D eigenvalue weighted by Gasteiger charge is -2.24. The standard InChI is InChI=1S/C31H35N3O/c1-4-29(24-8-6-5-7-9-24)31(26-12-15-30-27(18-26)19-32-33-30)25-10-13-28(14-11-25)35-21-23(3)34-17-16-22(2)20-34/h5-15,18-19,22-23H,4,16-17,20-21H2,1-3H3,(H,32,33)/b31-29+. The summed E-state index contributed by atoms with van der Waals surface area (Å²) in [6.45, 7) is 9.91. The molecule has 0 saturated carbocycles. The molecular formula is C31H35N3O. The van der Waals surface area contributed by atoms with Crippen LogP contribution < -0.4 is 4.74 Å². The molecule has 1 saturated heterocycles. The highest BCUT2D eigenvalue weighted by atomic mass is 16.5. The Morgan fingerprint density at radius 1 is 1.03 bits per heavy atom. The van der Waals surface area contributed by atoms with E-state index in [9.17, 15) is 0 Å². The van der Waals surface area contributed by atoms with Gasteiger partial charge < -0.3 is 4.74 Å². The predicted molar refractivity (Wildman–Crippen MR) is 145 cm³/mol. The van der Waals surface area contributed by atoms with Gasteiger partial charge in [-0.25, -0.2) is 0 Å². The van der Waals surface area contributed by atoms with Crippen molar-refractivity contribution in [3.8, 4) is 5.75 Å². The molecule has 0 bridgehead atoms. The molecule has 180 valence electrons. The Hall–Kier alpha value is -3.37. The quantitative estimate of drug-likeness (QED) is 0.284. The van der Waals surface area contributed by atoms with Gasteiger partial charge in [-0.15, -0.1) is 0 Å². The first-order chi connectivity index (χ1) is 17.1. The summed E-state index contributed by atoms with van der Waals surface area (Å²) in [4.78, 5) is 2.54. The molecule has 1 aliphatic rings. The second kappa shape index (κ2) is 10.5. The van der Waals surface area contributed by atoms with Crippen molar-refractivity contribution in [2.45, 2.75) is 39.7 Å². The molecular weight excluding hydrogens is 430 g/mol. The number of allylic oxidation sites excluding steroid dienone is 1. The van der Waals surface area contributed by atoms with Crippen molar-refractivity contribution in [1.82, 2.24) is 15.1 Å². The van der Waals surface area contributed by atoms with Crippen molar-refractivity contribution in [2.75, 3.05) is 19.7 Å². The van der Waals surface area contributed by atoms with Crippen LogP contribution in [0.5, 0.6) is 5.75 Å². The number of benzene rings is 3. The number of aromatic amines is 1. The second-order valence-corrected chi connectivity index (χ2v) is 9.82. The summed E-state index contributed by atoms with van der Waals surface area (Å²) in [5.41, 5.74) is 7.29. The van der Waals surface area contributed by atoms with Crippen LogP contribution in [0.1, 0.15) is 50.3 Å². The molecule has 1 fully saturated rings. The van der Waals surface area contributed by atoms with E-state index in [2.05, 4.69) is 109 Å². The van der Waals surface area contributed by atoms with Crippen LogP contribution in [0.25, 0.3) is 22.0 Å². The summed E-state index contributed by atoms with van der Waals surface area (Å²) in [5, 5.41) is 8.40. The van der Waals surface area contributed by atoms with Gasteiger partial charge in [0.15, 0.2) is 0 Å². The molecule has 4 aromatic rings. The number of rotatable bonds is 8. The number of hydrogen-bond acceptors (Lipinski definition) is 3. The minimum atomic E-state index is 0.432. The predicted octanol–water partition coefficient (Wildman–Crippen LogP) is 7.04. The van der Waals surface area contributed by atoms with Crippen LogP contribution in [-0.2, 0) is 0 Å². The smallest absolute Gasteiger partial charge is 0.119 e. The molecule has 4 heteroatoms. The van der Waals surface area contributed by atoms with Gasteiger partial charge in [0.1, 0.15) is 12.4 Å². The van der Waals surface area contributed by atoms with Gasteiger partial charge >= 0.3 is 0 Å². The van der Waals surface area contributed by atoms with Gasteiger partial charge in [-0.2, -0.15) is 5.10 Å². The molecule has 1 aliphatic heterocycles. The molecule has 1 N–H and O–H groups in total. The lowest BCUT2D eigenvalue weighted by molar-refractivity contribution is 0.169. The first-order valence-corrected chi connectivity index (χ1v) is 12.8. The van der Waals surface area contributed by atoms with E-state index in [1.54, 1.807) is 0 Å². The van der Waals surface area contributed by atoms with E-state index in [1.165, 1.54) is 47.3 Å². The minimum Gasteiger partial charge on any atom is -0.492 e. The van der Waals surface area contributed by atoms with Gasteiger partial charge in [-0.05, 0) is 84.3 Å². The Balaban J connectivity index is 1.45. The number of likely N-dealkylation sites (tertiary alicyclic amines) is 1. The summed E-state index contributed by atoms with van der Waals surface area (Å²) in [6, 6.07) is 26.3. The van der Waals surface area contributed by atoms with Crippen LogP contribution in [0.15, 0.2) is 79.0 Å². The molecule has 1 aromatic heterocycles. The number of fused-ring (bicyclic) bond motifs is 1. The minimum absolute atomic E-state index is 0.432. The van der Waals surface area contributed by atoms with Crippen LogP contribution in [0.4, 0.5) is 0 Å². The molecule has 5 rings (SSSR count). The summed E-state index contributed by atoms with van der Waals surface area (Å²) in [6.07, 6.45) is 4.12. The van der Waals surface area contributed by atoms with E-state index in [0.29, 0.717) is 6.04 Å². The highest BCUT2D eigenvalue weighted by Crippen LogP contribution is 2.36. The van der Waals surface area contributed by atoms with Crippen LogP contribution in [0, 0.1) is 5.92 Å². The number of H-pyrrole nitrogens is 1. The first kappa shape index (κ1) is 23.4. The average molecular weight is 466 g/mol. The molecule has 0 aliphatic carbocycles. The third-order valence-electron chi connectivity index (χ3n) is 7.22. The molecule has 0 radical (unpaired) electrons. The molecule has 2 unspecified atom stereocenters. The van der Waals surface area contributed by atoms with Gasteiger partial charge in [0, 0.05) is 18.0 Å². The van der Waals surface area contributed by atoms with E-state index < -0.39 is 0 Å². The Morgan fingerprint density at radius 3 is 2.51 bits per heavy atom. The van der Waals surface area contributed by atoms with Crippen LogP contribution in [0.2, 0.25) is 0 Å². The van der Waals surface area contributed by atoms with Gasteiger partial charge in [-0.1, -0.05) is 62.4 Å². The summed E-state index contributed by atoms with van der Waals surface area (Å²) < 4.78 is 6.20. The van der Waals surface area contributed by atoms with Crippen LogP contribution in [-0.4, -0.2) is 40.8 Å². The van der Waals surface area contributed by atoms with Gasteiger partial charge in [0.2, 0.25) is 0 Å². The Morgan fingerprint density at radius 2 is 1.80 bits per heavy atom. The topological polar surface area (TPSA) is 41.1 Å². The number of aromatic nitrogens is 2. The second-order valence-electron chi connectivity index (χ2n) is 9.82. The van der Waals surface area contributed by atoms with Crippen molar-refractivity contribution in [3.63, 3.8) is 0 Å². The average Bonchev–Trinajstić information content (AvgIpc) is 3.55. The van der Waals surface area contributed by atoms with Gasteiger partial charge in [-0.3, -0.25) is 10.00 Å². The van der Waals surface area contributed by atoms with E-state index >= 15 is 0 Å². The molecule has 2 atom stereocenters. The van der Waals surface area contributed by atoms with Crippen molar-refractivity contribution in [2.24, 2.45) is 5.92 Å². The van der Waals surface area contributed by atoms with E-state index in [-0.39, 0.29) is 0 Å². The normalized spacial score (nSPS) is 18.0. The zero-order chi connectivity index (χ0) is 24.2. The van der Waals surface area contributed by atoms with Crippen molar-refractivity contribution in [3.05, 3.63) is 95.7 Å². The monoisotopic (exact) mass is 465 g/mol. The number of hydrogen-bond donors (Lipinski definition) is 1. The maximum atomic E-state index is 6.20. The third-order valence-corrected chi connectivity index (χ3v) is 7.22. The van der Waals surface area contributed by atoms with E-state index in [0.717, 1.165) is 35.6 Å². The van der Waals surface area contributed by atoms with Crippen molar-refractivity contribution < 1.29 is 4.74 Å². The van der Waals surface area contributed by atoms with Gasteiger partial charge in [0.05, 0.1) is 11.7 Å². The highest BCUT2D eigenvalue weighted by molar-refractivity contribution is 6.00. The van der Waals surface area contributed by atoms with Crippen molar-refractivity contribution >= 4 is 22.0 Å². The highest BCUT2D eigenvalue weighted by Gasteiger charge is 2.23. The molecule has 3 aromatic carbocycles. The van der Waals surface area contributed by atoms with E-state index in [4.69, 9.17) is 4.74 Å². The third kappa shape index (κ3) is 5.18. The van der Waals surface area contributed by atoms with Crippen molar-refractivity contribution in [1.29, 1.82) is 0 Å². The number of ether oxygens (including phenoxy) is 1. The SMILES string of the molecule is CC/C(=C(/c1ccc(OCC(C)N2CCC(C)C2)cc1)c1ccc2[nH]ncc2c1)c1ccccc1. The molecule has 35 heavy (non-hydrogen) atoms. The number of nitrogens with zero attached hydrogens (tertiary/aromatic N) is 2. The first-order valence-electron chi connectivity index (χ1n) is 12.8. The van der Waals surface area contributed by atoms with Crippen LogP contribution in [0.3, 0.4) is 0 Å². The number of nitrogens with one attached hydrogen (secondary N) is 1. The van der Waals surface area contributed by atoms with Crippen LogP contribution >= 0.6 is 0 Å². The fraction of sp³-hybridized carbons (Fsp3) is 0.323. The fourth-order valence-corrected chi connectivity index (χ4v) is 5.19. The lowest BCUT2D eigenvalue weighted by Crippen LogP contribution is -2.35. The molecule has 0 amide bonds. The molecule has 0 spiro atoms. The Bertz CT molecular complexity index is 1290. The van der Waals surface area contributed by atoms with E-state index in [1.807, 2.05) is 6.20 Å². The zero-order valence-corrected chi connectivity index (χ0v) is 21.0. The summed E-state index contributed by atoms with van der Waals surface area (Å²) >= 11 is 0.